The van der Waals surface area contributed by atoms with Crippen molar-refractivity contribution in [2.45, 2.75) is 25.4 Å². The Balaban J connectivity index is 1.91. The van der Waals surface area contributed by atoms with Gasteiger partial charge in [-0.2, -0.15) is 0 Å². The Hall–Kier alpha value is -1.10. The van der Waals surface area contributed by atoms with E-state index in [1.165, 1.54) is 5.56 Å². The van der Waals surface area contributed by atoms with Crippen molar-refractivity contribution in [3.8, 4) is 5.75 Å². The zero-order chi connectivity index (χ0) is 14.5. The molecule has 0 amide bonds. The first-order valence-corrected chi connectivity index (χ1v) is 7.27. The molecule has 0 spiro atoms. The first-order valence-electron chi connectivity index (χ1n) is 7.27. The van der Waals surface area contributed by atoms with Crippen LogP contribution in [0.25, 0.3) is 0 Å². The lowest BCUT2D eigenvalue weighted by molar-refractivity contribution is 0.163. The molecular formula is C16H26N2O2. The van der Waals surface area contributed by atoms with Gasteiger partial charge in [-0.25, -0.2) is 0 Å². The van der Waals surface area contributed by atoms with E-state index in [0.717, 1.165) is 25.3 Å². The van der Waals surface area contributed by atoms with Crippen LogP contribution in [-0.2, 0) is 11.2 Å². The quantitative estimate of drug-likeness (QED) is 0.857. The van der Waals surface area contributed by atoms with E-state index >= 15 is 0 Å². The topological polar surface area (TPSA) is 47.7 Å². The molecule has 1 fully saturated rings. The third-order valence-corrected chi connectivity index (χ3v) is 4.23. The minimum atomic E-state index is 0.177. The highest BCUT2D eigenvalue weighted by molar-refractivity contribution is 5.33. The van der Waals surface area contributed by atoms with Gasteiger partial charge in [0.2, 0.25) is 0 Å². The van der Waals surface area contributed by atoms with Gasteiger partial charge in [0.1, 0.15) is 5.75 Å². The van der Waals surface area contributed by atoms with Crippen molar-refractivity contribution in [2.75, 3.05) is 33.9 Å². The predicted octanol–water partition coefficient (Wildman–Crippen LogP) is 1.53. The van der Waals surface area contributed by atoms with Gasteiger partial charge in [-0.1, -0.05) is 18.2 Å². The highest BCUT2D eigenvalue weighted by atomic mass is 16.5. The van der Waals surface area contributed by atoms with Crippen LogP contribution in [0.3, 0.4) is 0 Å². The SMILES string of the molecule is COc1ccccc1CC(C)N(C)CC1COCC1N. The molecule has 4 nitrogen and oxygen atoms in total. The molecule has 1 aromatic rings. The molecule has 0 aromatic heterocycles. The second-order valence-corrected chi connectivity index (χ2v) is 5.77. The first-order chi connectivity index (χ1) is 9.61. The summed E-state index contributed by atoms with van der Waals surface area (Å²) in [5.41, 5.74) is 7.31. The number of nitrogens with zero attached hydrogens (tertiary/aromatic N) is 1. The lowest BCUT2D eigenvalue weighted by Gasteiger charge is -2.28. The van der Waals surface area contributed by atoms with Crippen molar-refractivity contribution in [3.63, 3.8) is 0 Å². The fraction of sp³-hybridized carbons (Fsp3) is 0.625. The van der Waals surface area contributed by atoms with Gasteiger partial charge in [0.25, 0.3) is 0 Å². The molecule has 4 heteroatoms. The molecule has 2 N–H and O–H groups in total. The second kappa shape index (κ2) is 7.07. The van der Waals surface area contributed by atoms with E-state index in [-0.39, 0.29) is 6.04 Å². The van der Waals surface area contributed by atoms with Crippen LogP contribution in [-0.4, -0.2) is 50.9 Å². The number of para-hydroxylation sites is 1. The molecule has 3 atom stereocenters. The van der Waals surface area contributed by atoms with Crippen LogP contribution in [0.5, 0.6) is 5.75 Å². The van der Waals surface area contributed by atoms with Gasteiger partial charge in [-0.15, -0.1) is 0 Å². The first kappa shape index (κ1) is 15.3. The number of nitrogens with two attached hydrogens (primary N) is 1. The van der Waals surface area contributed by atoms with Crippen LogP contribution >= 0.6 is 0 Å². The number of methoxy groups -OCH3 is 1. The number of likely N-dealkylation sites (N-methyl/N-ethyl adjacent to an activating group) is 1. The van der Waals surface area contributed by atoms with Crippen molar-refractivity contribution in [3.05, 3.63) is 29.8 Å². The number of hydrogen-bond donors (Lipinski definition) is 1. The van der Waals surface area contributed by atoms with Crippen LogP contribution in [0.1, 0.15) is 12.5 Å². The molecule has 0 aliphatic carbocycles. The number of rotatable bonds is 6. The highest BCUT2D eigenvalue weighted by Gasteiger charge is 2.27. The summed E-state index contributed by atoms with van der Waals surface area (Å²) in [5.74, 6) is 1.41. The van der Waals surface area contributed by atoms with Crippen molar-refractivity contribution in [1.29, 1.82) is 0 Å². The Morgan fingerprint density at radius 3 is 2.80 bits per heavy atom. The van der Waals surface area contributed by atoms with Gasteiger partial charge in [0, 0.05) is 24.5 Å². The highest BCUT2D eigenvalue weighted by Crippen LogP contribution is 2.21. The van der Waals surface area contributed by atoms with Gasteiger partial charge in [0.05, 0.1) is 20.3 Å². The Morgan fingerprint density at radius 2 is 2.15 bits per heavy atom. The molecule has 1 aromatic carbocycles. The van der Waals surface area contributed by atoms with Gasteiger partial charge >= 0.3 is 0 Å². The minimum Gasteiger partial charge on any atom is -0.496 e. The standard InChI is InChI=1S/C16H26N2O2/c1-12(8-13-6-4-5-7-16(13)19-3)18(2)9-14-10-20-11-15(14)17/h4-7,12,14-15H,8-11,17H2,1-3H3. The number of hydrogen-bond acceptors (Lipinski definition) is 4. The molecule has 112 valence electrons. The molecule has 0 radical (unpaired) electrons. The molecule has 0 saturated carbocycles. The van der Waals surface area contributed by atoms with Crippen molar-refractivity contribution >= 4 is 0 Å². The zero-order valence-electron chi connectivity index (χ0n) is 12.7. The summed E-state index contributed by atoms with van der Waals surface area (Å²) < 4.78 is 10.9. The van der Waals surface area contributed by atoms with E-state index in [9.17, 15) is 0 Å². The molecule has 2 rings (SSSR count). The molecule has 0 bridgehead atoms. The normalized spacial score (nSPS) is 24.1. The molecular weight excluding hydrogens is 252 g/mol. The van der Waals surface area contributed by atoms with E-state index in [4.69, 9.17) is 15.2 Å². The van der Waals surface area contributed by atoms with E-state index in [1.54, 1.807) is 7.11 Å². The summed E-state index contributed by atoms with van der Waals surface area (Å²) in [6, 6.07) is 8.84. The van der Waals surface area contributed by atoms with Gasteiger partial charge in [0.15, 0.2) is 0 Å². The van der Waals surface area contributed by atoms with Crippen molar-refractivity contribution in [1.82, 2.24) is 4.90 Å². The van der Waals surface area contributed by atoms with Crippen LogP contribution in [0.4, 0.5) is 0 Å². The Labute approximate surface area is 121 Å². The summed E-state index contributed by atoms with van der Waals surface area (Å²) >= 11 is 0. The van der Waals surface area contributed by atoms with E-state index in [0.29, 0.717) is 18.6 Å². The number of benzene rings is 1. The maximum absolute atomic E-state index is 6.05. The molecule has 1 saturated heterocycles. The van der Waals surface area contributed by atoms with Gasteiger partial charge < -0.3 is 20.1 Å². The monoisotopic (exact) mass is 278 g/mol. The third-order valence-electron chi connectivity index (χ3n) is 4.23. The van der Waals surface area contributed by atoms with Crippen LogP contribution < -0.4 is 10.5 Å². The van der Waals surface area contributed by atoms with E-state index in [2.05, 4.69) is 31.0 Å². The third kappa shape index (κ3) is 3.72. The summed E-state index contributed by atoms with van der Waals surface area (Å²) in [6.45, 7) is 4.71. The maximum atomic E-state index is 6.05. The van der Waals surface area contributed by atoms with Crippen LogP contribution in [0.15, 0.2) is 24.3 Å². The predicted molar refractivity (Wildman–Crippen MR) is 81.1 cm³/mol. The van der Waals surface area contributed by atoms with Crippen LogP contribution in [0.2, 0.25) is 0 Å². The average molecular weight is 278 g/mol. The Morgan fingerprint density at radius 1 is 1.40 bits per heavy atom. The van der Waals surface area contributed by atoms with Gasteiger partial charge in [-0.05, 0) is 32.0 Å². The molecule has 20 heavy (non-hydrogen) atoms. The summed E-state index contributed by atoms with van der Waals surface area (Å²) in [5, 5.41) is 0. The Kier molecular flexibility index (Phi) is 5.40. The van der Waals surface area contributed by atoms with Gasteiger partial charge in [-0.3, -0.25) is 0 Å². The maximum Gasteiger partial charge on any atom is 0.122 e. The fourth-order valence-electron chi connectivity index (χ4n) is 2.70. The summed E-state index contributed by atoms with van der Waals surface area (Å²) in [6.07, 6.45) is 0.976. The van der Waals surface area contributed by atoms with Crippen molar-refractivity contribution in [2.24, 2.45) is 11.7 Å². The molecule has 1 heterocycles. The fourth-order valence-corrected chi connectivity index (χ4v) is 2.70. The summed E-state index contributed by atoms with van der Waals surface area (Å²) in [4.78, 5) is 2.37. The Bertz CT molecular complexity index is 425. The second-order valence-electron chi connectivity index (χ2n) is 5.77. The zero-order valence-corrected chi connectivity index (χ0v) is 12.7. The average Bonchev–Trinajstić information content (AvgIpc) is 2.84. The smallest absolute Gasteiger partial charge is 0.122 e. The van der Waals surface area contributed by atoms with E-state index < -0.39 is 0 Å². The molecule has 3 unspecified atom stereocenters. The lowest BCUT2D eigenvalue weighted by atomic mass is 10.0. The minimum absolute atomic E-state index is 0.177. The van der Waals surface area contributed by atoms with Crippen molar-refractivity contribution < 1.29 is 9.47 Å². The molecule has 1 aliphatic rings. The van der Waals surface area contributed by atoms with Crippen LogP contribution in [0, 0.1) is 5.92 Å². The van der Waals surface area contributed by atoms with E-state index in [1.807, 2.05) is 12.1 Å². The summed E-state index contributed by atoms with van der Waals surface area (Å²) in [7, 11) is 3.88. The number of ether oxygens (including phenoxy) is 2. The lowest BCUT2D eigenvalue weighted by Crippen LogP contribution is -2.41. The molecule has 1 aliphatic heterocycles. The largest absolute Gasteiger partial charge is 0.496 e.